The van der Waals surface area contributed by atoms with Gasteiger partial charge in [-0.3, -0.25) is 4.90 Å². The Bertz CT molecular complexity index is 1200. The first-order valence-electron chi connectivity index (χ1n) is 13.0. The van der Waals surface area contributed by atoms with E-state index in [-0.39, 0.29) is 11.7 Å². The Kier molecular flexibility index (Phi) is 6.14. The number of halogens is 1. The van der Waals surface area contributed by atoms with Gasteiger partial charge < -0.3 is 19.8 Å². The van der Waals surface area contributed by atoms with Crippen molar-refractivity contribution < 1.29 is 13.9 Å². The van der Waals surface area contributed by atoms with E-state index in [1.54, 1.807) is 20.3 Å². The molecular weight excluding hydrogens is 443 g/mol. The van der Waals surface area contributed by atoms with Gasteiger partial charge in [0.25, 0.3) is 0 Å². The Labute approximate surface area is 206 Å². The van der Waals surface area contributed by atoms with Crippen LogP contribution in [0.1, 0.15) is 50.0 Å². The van der Waals surface area contributed by atoms with Gasteiger partial charge in [0, 0.05) is 23.7 Å². The molecule has 35 heavy (non-hydrogen) atoms. The molecular formula is C28H35FN4O2. The van der Waals surface area contributed by atoms with E-state index in [9.17, 15) is 0 Å². The van der Waals surface area contributed by atoms with Gasteiger partial charge >= 0.3 is 0 Å². The topological polar surface area (TPSA) is 62.4 Å². The van der Waals surface area contributed by atoms with Gasteiger partial charge in [-0.2, -0.15) is 0 Å². The zero-order valence-corrected chi connectivity index (χ0v) is 20.6. The molecule has 6 nitrogen and oxygen atoms in total. The Morgan fingerprint density at radius 1 is 0.971 bits per heavy atom. The number of hydrogen-bond acceptors (Lipinski definition) is 5. The highest BCUT2D eigenvalue weighted by Crippen LogP contribution is 2.45. The van der Waals surface area contributed by atoms with E-state index in [2.05, 4.69) is 20.2 Å². The fourth-order valence-corrected chi connectivity index (χ4v) is 6.32. The lowest BCUT2D eigenvalue weighted by molar-refractivity contribution is 0.0552. The van der Waals surface area contributed by atoms with Crippen LogP contribution in [0.25, 0.3) is 22.4 Å². The van der Waals surface area contributed by atoms with E-state index < -0.39 is 0 Å². The summed E-state index contributed by atoms with van der Waals surface area (Å²) in [5.74, 6) is 2.94. The third kappa shape index (κ3) is 4.40. The number of ether oxygens (including phenoxy) is 2. The van der Waals surface area contributed by atoms with E-state index in [0.29, 0.717) is 34.9 Å². The van der Waals surface area contributed by atoms with Crippen LogP contribution in [0, 0.1) is 11.7 Å². The number of hydrogen-bond donors (Lipinski definition) is 2. The molecule has 0 radical (unpaired) electrons. The van der Waals surface area contributed by atoms with E-state index >= 15 is 4.39 Å². The van der Waals surface area contributed by atoms with Gasteiger partial charge in [-0.15, -0.1) is 0 Å². The summed E-state index contributed by atoms with van der Waals surface area (Å²) in [6.07, 6.45) is 7.22. The van der Waals surface area contributed by atoms with Crippen molar-refractivity contribution in [2.45, 2.75) is 56.5 Å². The van der Waals surface area contributed by atoms with Crippen LogP contribution in [-0.2, 0) is 0 Å². The molecule has 1 unspecified atom stereocenters. The summed E-state index contributed by atoms with van der Waals surface area (Å²) in [5, 5.41) is 3.50. The number of fused-ring (bicyclic) bond motifs is 1. The lowest BCUT2D eigenvalue weighted by atomic mass is 9.81. The Morgan fingerprint density at radius 3 is 2.51 bits per heavy atom. The first-order valence-corrected chi connectivity index (χ1v) is 13.0. The van der Waals surface area contributed by atoms with Crippen LogP contribution < -0.4 is 14.8 Å². The molecule has 2 saturated heterocycles. The van der Waals surface area contributed by atoms with Crippen molar-refractivity contribution in [2.75, 3.05) is 33.9 Å². The van der Waals surface area contributed by atoms with Gasteiger partial charge in [0.1, 0.15) is 11.6 Å². The van der Waals surface area contributed by atoms with E-state index in [1.165, 1.54) is 25.7 Å². The molecule has 1 saturated carbocycles. The molecule has 2 atom stereocenters. The Balaban J connectivity index is 1.27. The molecule has 1 aliphatic carbocycles. The minimum absolute atomic E-state index is 0.127. The molecule has 3 heterocycles. The summed E-state index contributed by atoms with van der Waals surface area (Å²) >= 11 is 0. The third-order valence-corrected chi connectivity index (χ3v) is 8.33. The number of methoxy groups -OCH3 is 2. The molecule has 186 valence electrons. The Morgan fingerprint density at radius 2 is 1.77 bits per heavy atom. The molecule has 1 aromatic heterocycles. The number of nitrogens with zero attached hydrogens (tertiary/aromatic N) is 2. The average molecular weight is 479 g/mol. The summed E-state index contributed by atoms with van der Waals surface area (Å²) in [6, 6.07) is 10.6. The Hall–Kier alpha value is -2.64. The van der Waals surface area contributed by atoms with Crippen molar-refractivity contribution in [3.8, 4) is 22.9 Å². The number of benzene rings is 2. The molecule has 2 N–H and O–H groups in total. The summed E-state index contributed by atoms with van der Waals surface area (Å²) in [4.78, 5) is 10.9. The number of H-pyrrole nitrogens is 1. The lowest BCUT2D eigenvalue weighted by Gasteiger charge is -2.45. The lowest BCUT2D eigenvalue weighted by Crippen LogP contribution is -2.52. The second kappa shape index (κ2) is 9.43. The van der Waals surface area contributed by atoms with Crippen molar-refractivity contribution in [3.63, 3.8) is 0 Å². The predicted molar refractivity (Wildman–Crippen MR) is 136 cm³/mol. The van der Waals surface area contributed by atoms with Gasteiger partial charge in [0.05, 0.1) is 25.3 Å². The highest BCUT2D eigenvalue weighted by molar-refractivity contribution is 5.80. The van der Waals surface area contributed by atoms with Crippen LogP contribution in [0.3, 0.4) is 0 Å². The van der Waals surface area contributed by atoms with E-state index in [0.717, 1.165) is 55.0 Å². The van der Waals surface area contributed by atoms with Crippen LogP contribution in [-0.4, -0.2) is 60.8 Å². The molecule has 7 heteroatoms. The normalized spacial score (nSPS) is 24.1. The molecule has 3 fully saturated rings. The third-order valence-electron chi connectivity index (χ3n) is 8.33. The van der Waals surface area contributed by atoms with Crippen molar-refractivity contribution in [1.82, 2.24) is 20.2 Å². The van der Waals surface area contributed by atoms with E-state index in [1.807, 2.05) is 24.3 Å². The minimum Gasteiger partial charge on any atom is -0.493 e. The van der Waals surface area contributed by atoms with Crippen LogP contribution in [0.5, 0.6) is 11.5 Å². The maximum Gasteiger partial charge on any atom is 0.161 e. The van der Waals surface area contributed by atoms with Gasteiger partial charge in [-0.05, 0) is 99.8 Å². The predicted octanol–water partition coefficient (Wildman–Crippen LogP) is 5.10. The van der Waals surface area contributed by atoms with Gasteiger partial charge in [0.15, 0.2) is 11.5 Å². The van der Waals surface area contributed by atoms with Crippen LogP contribution in [0.15, 0.2) is 30.3 Å². The molecule has 3 aliphatic rings. The number of likely N-dealkylation sites (tertiary alicyclic amines) is 1. The largest absolute Gasteiger partial charge is 0.493 e. The maximum absolute atomic E-state index is 15.4. The van der Waals surface area contributed by atoms with Crippen LogP contribution in [0.2, 0.25) is 0 Å². The zero-order chi connectivity index (χ0) is 23.9. The highest BCUT2D eigenvalue weighted by Gasteiger charge is 2.42. The summed E-state index contributed by atoms with van der Waals surface area (Å²) in [6.45, 7) is 3.32. The quantitative estimate of drug-likeness (QED) is 0.516. The van der Waals surface area contributed by atoms with Crippen molar-refractivity contribution in [1.29, 1.82) is 0 Å². The fourth-order valence-electron chi connectivity index (χ4n) is 6.32. The average Bonchev–Trinajstić information content (AvgIpc) is 3.67. The molecule has 0 spiro atoms. The standard InChI is InChI=1S/C28H35FN4O2/c1-34-26-6-5-19(14-27(26)35-2)28-31-23-15-21(22(29)16-24(23)32-28)18-9-12-33(20-7-10-30-11-8-20)25(13-18)17-3-4-17/h5-6,14-18,20,25,30H,3-4,7-13H2,1-2H3,(H,31,32)/t18?,25-/m1/s1. The molecule has 2 aliphatic heterocycles. The van der Waals surface area contributed by atoms with Crippen LogP contribution in [0.4, 0.5) is 4.39 Å². The molecule has 3 aromatic rings. The number of aromatic nitrogens is 2. The summed E-state index contributed by atoms with van der Waals surface area (Å²) < 4.78 is 26.2. The summed E-state index contributed by atoms with van der Waals surface area (Å²) in [7, 11) is 3.24. The fraction of sp³-hybridized carbons (Fsp3) is 0.536. The monoisotopic (exact) mass is 478 g/mol. The number of rotatable bonds is 6. The van der Waals surface area contributed by atoms with E-state index in [4.69, 9.17) is 9.47 Å². The van der Waals surface area contributed by atoms with Crippen molar-refractivity contribution >= 4 is 11.0 Å². The first kappa shape index (κ1) is 22.8. The second-order valence-corrected chi connectivity index (χ2v) is 10.4. The minimum atomic E-state index is -0.127. The first-order chi connectivity index (χ1) is 17.1. The van der Waals surface area contributed by atoms with Gasteiger partial charge in [-0.25, -0.2) is 9.37 Å². The number of nitrogens with one attached hydrogen (secondary N) is 2. The number of aromatic amines is 1. The van der Waals surface area contributed by atoms with Gasteiger partial charge in [-0.1, -0.05) is 0 Å². The second-order valence-electron chi connectivity index (χ2n) is 10.4. The number of piperidine rings is 2. The molecule has 0 amide bonds. The van der Waals surface area contributed by atoms with Crippen LogP contribution >= 0.6 is 0 Å². The van der Waals surface area contributed by atoms with Gasteiger partial charge in [0.2, 0.25) is 0 Å². The molecule has 6 rings (SSSR count). The van der Waals surface area contributed by atoms with Crippen molar-refractivity contribution in [3.05, 3.63) is 41.7 Å². The zero-order valence-electron chi connectivity index (χ0n) is 20.6. The highest BCUT2D eigenvalue weighted by atomic mass is 19.1. The molecule has 2 aromatic carbocycles. The molecule has 0 bridgehead atoms. The summed E-state index contributed by atoms with van der Waals surface area (Å²) in [5.41, 5.74) is 3.26. The smallest absolute Gasteiger partial charge is 0.161 e. The number of imidazole rings is 1. The SMILES string of the molecule is COc1ccc(-c2nc3cc(F)c(C4CCN(C5CCNCC5)[C@@H](C5CC5)C4)cc3[nH]2)cc1OC. The van der Waals surface area contributed by atoms with Crippen molar-refractivity contribution in [2.24, 2.45) is 5.92 Å². The maximum atomic E-state index is 15.4.